The van der Waals surface area contributed by atoms with Crippen LogP contribution < -0.4 is 10.6 Å². The normalized spacial score (nSPS) is 11.8. The number of carbonyl (C=O) groups excluding carboxylic acids is 2. The van der Waals surface area contributed by atoms with Gasteiger partial charge in [-0.2, -0.15) is 0 Å². The first-order valence-corrected chi connectivity index (χ1v) is 11.7. The lowest BCUT2D eigenvalue weighted by Gasteiger charge is -2.15. The molecule has 0 aliphatic heterocycles. The van der Waals surface area contributed by atoms with E-state index in [0.29, 0.717) is 38.8 Å². The lowest BCUT2D eigenvalue weighted by molar-refractivity contribution is -0.113. The molecule has 7 nitrogen and oxygen atoms in total. The van der Waals surface area contributed by atoms with Gasteiger partial charge >= 0.3 is 0 Å². The summed E-state index contributed by atoms with van der Waals surface area (Å²) in [7, 11) is 0. The Morgan fingerprint density at radius 1 is 1.09 bits per heavy atom. The van der Waals surface area contributed by atoms with Gasteiger partial charge in [0.25, 0.3) is 5.91 Å². The molecule has 3 aromatic rings. The zero-order valence-electron chi connectivity index (χ0n) is 17.9. The first-order valence-electron chi connectivity index (χ1n) is 9.96. The Balaban J connectivity index is 1.63. The zero-order valence-corrected chi connectivity index (χ0v) is 20.2. The highest BCUT2D eigenvalue weighted by Crippen LogP contribution is 2.23. The predicted molar refractivity (Wildman–Crippen MR) is 129 cm³/mol. The van der Waals surface area contributed by atoms with Crippen molar-refractivity contribution in [2.24, 2.45) is 0 Å². The van der Waals surface area contributed by atoms with Gasteiger partial charge in [0, 0.05) is 27.8 Å². The summed E-state index contributed by atoms with van der Waals surface area (Å²) >= 11 is 13.2. The first-order chi connectivity index (χ1) is 15.3. The van der Waals surface area contributed by atoms with E-state index in [1.165, 1.54) is 11.8 Å². The molecule has 1 heterocycles. The van der Waals surface area contributed by atoms with Gasteiger partial charge in [0.05, 0.1) is 11.8 Å². The number of nitrogens with one attached hydrogen (secondary N) is 2. The zero-order chi connectivity index (χ0) is 23.3. The Hall–Kier alpha value is -2.55. The summed E-state index contributed by atoms with van der Waals surface area (Å²) in [6.45, 7) is 6.30. The molecule has 2 N–H and O–H groups in total. The Kier molecular flexibility index (Phi) is 8.17. The smallest absolute Gasteiger partial charge is 0.251 e. The highest BCUT2D eigenvalue weighted by Gasteiger charge is 2.20. The van der Waals surface area contributed by atoms with Crippen molar-refractivity contribution in [1.29, 1.82) is 0 Å². The number of hydrogen-bond donors (Lipinski definition) is 2. The van der Waals surface area contributed by atoms with Crippen molar-refractivity contribution in [2.45, 2.75) is 38.5 Å². The molecule has 0 saturated heterocycles. The van der Waals surface area contributed by atoms with Crippen molar-refractivity contribution in [3.63, 3.8) is 0 Å². The van der Waals surface area contributed by atoms with Crippen LogP contribution in [-0.4, -0.2) is 32.3 Å². The molecular formula is C22H23Cl2N5O2S. The standard InChI is InChI=1S/C22H23Cl2N5O2S/c1-4-29-20(14(3)25-21(31)15-6-9-16(23)10-7-15)27-28-22(29)32-12-19(30)26-18-11-17(24)8-5-13(18)2/h5-11,14H,4,12H2,1-3H3,(H,25,31)(H,26,30)/t14-/m0/s1. The number of nitrogens with zero attached hydrogens (tertiary/aromatic N) is 3. The van der Waals surface area contributed by atoms with E-state index in [1.807, 2.05) is 31.4 Å². The molecule has 0 bridgehead atoms. The number of halogens is 2. The summed E-state index contributed by atoms with van der Waals surface area (Å²) in [6.07, 6.45) is 0. The van der Waals surface area contributed by atoms with Gasteiger partial charge < -0.3 is 15.2 Å². The van der Waals surface area contributed by atoms with Crippen LogP contribution in [0.5, 0.6) is 0 Å². The maximum absolute atomic E-state index is 12.5. The summed E-state index contributed by atoms with van der Waals surface area (Å²) in [5.41, 5.74) is 2.11. The van der Waals surface area contributed by atoms with Gasteiger partial charge in [-0.1, -0.05) is 41.0 Å². The van der Waals surface area contributed by atoms with Crippen LogP contribution in [0.15, 0.2) is 47.6 Å². The second-order valence-electron chi connectivity index (χ2n) is 7.08. The van der Waals surface area contributed by atoms with E-state index < -0.39 is 0 Å². The fourth-order valence-electron chi connectivity index (χ4n) is 3.02. The molecule has 10 heteroatoms. The third-order valence-electron chi connectivity index (χ3n) is 4.71. The fraction of sp³-hybridized carbons (Fsp3) is 0.273. The fourth-order valence-corrected chi connectivity index (χ4v) is 4.12. The monoisotopic (exact) mass is 491 g/mol. The van der Waals surface area contributed by atoms with E-state index in [4.69, 9.17) is 23.2 Å². The number of carbonyl (C=O) groups is 2. The minimum atomic E-state index is -0.372. The average molecular weight is 492 g/mol. The maximum atomic E-state index is 12.5. The van der Waals surface area contributed by atoms with Gasteiger partial charge in [-0.25, -0.2) is 0 Å². The average Bonchev–Trinajstić information content (AvgIpc) is 3.18. The minimum absolute atomic E-state index is 0.162. The van der Waals surface area contributed by atoms with Crippen molar-refractivity contribution < 1.29 is 9.59 Å². The number of anilines is 1. The van der Waals surface area contributed by atoms with Gasteiger partial charge in [0.2, 0.25) is 5.91 Å². The molecule has 0 unspecified atom stereocenters. The molecular weight excluding hydrogens is 469 g/mol. The van der Waals surface area contributed by atoms with Crippen molar-refractivity contribution in [3.8, 4) is 0 Å². The van der Waals surface area contributed by atoms with Crippen LogP contribution in [0.4, 0.5) is 5.69 Å². The SMILES string of the molecule is CCn1c(SCC(=O)Nc2cc(Cl)ccc2C)nnc1[C@H](C)NC(=O)c1ccc(Cl)cc1. The molecule has 2 amide bonds. The van der Waals surface area contributed by atoms with Gasteiger partial charge in [0.1, 0.15) is 0 Å². The van der Waals surface area contributed by atoms with E-state index in [0.717, 1.165) is 5.56 Å². The topological polar surface area (TPSA) is 88.9 Å². The first kappa shape index (κ1) is 24.1. The van der Waals surface area contributed by atoms with Crippen molar-refractivity contribution in [3.05, 3.63) is 69.5 Å². The van der Waals surface area contributed by atoms with Crippen LogP contribution in [0.25, 0.3) is 0 Å². The van der Waals surface area contributed by atoms with Crippen molar-refractivity contribution in [1.82, 2.24) is 20.1 Å². The second-order valence-corrected chi connectivity index (χ2v) is 8.90. The lowest BCUT2D eigenvalue weighted by Crippen LogP contribution is -2.28. The Morgan fingerprint density at radius 3 is 2.47 bits per heavy atom. The summed E-state index contributed by atoms with van der Waals surface area (Å²) in [5, 5.41) is 16.0. The van der Waals surface area contributed by atoms with Crippen LogP contribution in [0, 0.1) is 6.92 Å². The van der Waals surface area contributed by atoms with Gasteiger partial charge in [-0.05, 0) is 62.7 Å². The Morgan fingerprint density at radius 2 is 1.78 bits per heavy atom. The Labute approximate surface area is 200 Å². The number of aryl methyl sites for hydroxylation is 1. The maximum Gasteiger partial charge on any atom is 0.251 e. The second kappa shape index (κ2) is 10.8. The van der Waals surface area contributed by atoms with Crippen LogP contribution in [0.2, 0.25) is 10.0 Å². The molecule has 168 valence electrons. The molecule has 0 aliphatic rings. The van der Waals surface area contributed by atoms with Crippen LogP contribution in [0.3, 0.4) is 0 Å². The third kappa shape index (κ3) is 6.03. The van der Waals surface area contributed by atoms with Gasteiger partial charge in [0.15, 0.2) is 11.0 Å². The number of hydrogen-bond acceptors (Lipinski definition) is 5. The number of aromatic nitrogens is 3. The lowest BCUT2D eigenvalue weighted by atomic mass is 10.2. The number of thioether (sulfide) groups is 1. The van der Waals surface area contributed by atoms with E-state index in [9.17, 15) is 9.59 Å². The predicted octanol–water partition coefficient (Wildman–Crippen LogP) is 5.14. The van der Waals surface area contributed by atoms with Gasteiger partial charge in [-0.3, -0.25) is 9.59 Å². The molecule has 0 aliphatic carbocycles. The molecule has 2 aromatic carbocycles. The van der Waals surface area contributed by atoms with Crippen LogP contribution in [-0.2, 0) is 11.3 Å². The Bertz CT molecular complexity index is 1120. The highest BCUT2D eigenvalue weighted by molar-refractivity contribution is 7.99. The van der Waals surface area contributed by atoms with E-state index in [-0.39, 0.29) is 23.6 Å². The van der Waals surface area contributed by atoms with Gasteiger partial charge in [-0.15, -0.1) is 10.2 Å². The van der Waals surface area contributed by atoms with E-state index >= 15 is 0 Å². The molecule has 0 radical (unpaired) electrons. The number of rotatable bonds is 8. The summed E-state index contributed by atoms with van der Waals surface area (Å²) in [6, 6.07) is 11.6. The number of benzene rings is 2. The molecule has 0 saturated carbocycles. The van der Waals surface area contributed by atoms with E-state index in [2.05, 4.69) is 20.8 Å². The summed E-state index contributed by atoms with van der Waals surface area (Å²) in [4.78, 5) is 24.9. The van der Waals surface area contributed by atoms with E-state index in [1.54, 1.807) is 36.4 Å². The molecule has 0 spiro atoms. The summed E-state index contributed by atoms with van der Waals surface area (Å²) in [5.74, 6) is 0.376. The number of amides is 2. The van der Waals surface area contributed by atoms with Crippen molar-refractivity contribution in [2.75, 3.05) is 11.1 Å². The van der Waals surface area contributed by atoms with Crippen molar-refractivity contribution >= 4 is 52.5 Å². The largest absolute Gasteiger partial charge is 0.342 e. The summed E-state index contributed by atoms with van der Waals surface area (Å²) < 4.78 is 1.88. The molecule has 1 aromatic heterocycles. The molecule has 1 atom stereocenters. The van der Waals surface area contributed by atoms with Crippen LogP contribution >= 0.6 is 35.0 Å². The highest BCUT2D eigenvalue weighted by atomic mass is 35.5. The van der Waals surface area contributed by atoms with Crippen LogP contribution in [0.1, 0.15) is 41.6 Å². The molecule has 3 rings (SSSR count). The molecule has 32 heavy (non-hydrogen) atoms. The third-order valence-corrected chi connectivity index (χ3v) is 6.16. The quantitative estimate of drug-likeness (QED) is 0.426. The molecule has 0 fully saturated rings. The minimum Gasteiger partial charge on any atom is -0.342 e.